The summed E-state index contributed by atoms with van der Waals surface area (Å²) in [6.45, 7) is 3.43. The Hall–Kier alpha value is -0.810. The predicted molar refractivity (Wildman–Crippen MR) is 32.3 cm³/mol. The lowest BCUT2D eigenvalue weighted by atomic mass is 10.4. The van der Waals surface area contributed by atoms with Crippen molar-refractivity contribution in [2.45, 2.75) is 19.9 Å². The monoisotopic (exact) mass is 133 g/mol. The summed E-state index contributed by atoms with van der Waals surface area (Å²) in [5, 5.41) is 9.23. The first-order valence-corrected chi connectivity index (χ1v) is 2.58. The van der Waals surface area contributed by atoms with Crippen LogP contribution in [-0.2, 0) is 0 Å². The molecule has 1 amide bonds. The highest BCUT2D eigenvalue weighted by Gasteiger charge is 2.12. The molecule has 0 aliphatic carbocycles. The van der Waals surface area contributed by atoms with E-state index in [4.69, 9.17) is 10.9 Å². The van der Waals surface area contributed by atoms with E-state index in [1.54, 1.807) is 13.8 Å². The average Bonchev–Trinajstić information content (AvgIpc) is 1.64. The highest BCUT2D eigenvalue weighted by Crippen LogP contribution is 1.90. The van der Waals surface area contributed by atoms with Crippen LogP contribution in [-0.4, -0.2) is 22.3 Å². The molecule has 54 valence electrons. The number of carboxylic acid groups (broad SMARTS) is 1. The van der Waals surface area contributed by atoms with Crippen molar-refractivity contribution in [3.63, 3.8) is 0 Å². The number of nitrogens with two attached hydrogens (primary N) is 1. The number of hydrazine groups is 2. The van der Waals surface area contributed by atoms with Crippen LogP contribution in [0.3, 0.4) is 0 Å². The molecule has 0 fully saturated rings. The highest BCUT2D eigenvalue weighted by molar-refractivity contribution is 5.64. The van der Waals surface area contributed by atoms with Crippen molar-refractivity contribution in [2.75, 3.05) is 0 Å². The standard InChI is InChI=1S/C4H11N3O2/c1-3(2)7(6-5)4(8)9/h3,6H,5H2,1-2H3,(H,8,9). The van der Waals surface area contributed by atoms with Crippen molar-refractivity contribution in [3.05, 3.63) is 0 Å². The Balaban J connectivity index is 3.83. The number of carbonyl (C=O) groups is 1. The number of nitrogens with zero attached hydrogens (tertiary/aromatic N) is 1. The largest absolute Gasteiger partial charge is 0.464 e. The summed E-state index contributed by atoms with van der Waals surface area (Å²) in [7, 11) is 0. The Labute approximate surface area is 53.4 Å². The van der Waals surface area contributed by atoms with Crippen LogP contribution in [0.1, 0.15) is 13.8 Å². The second-order valence-corrected chi connectivity index (χ2v) is 1.88. The van der Waals surface area contributed by atoms with Gasteiger partial charge in [-0.1, -0.05) is 0 Å². The molecule has 5 heteroatoms. The molecular weight excluding hydrogens is 122 g/mol. The van der Waals surface area contributed by atoms with Gasteiger partial charge in [0.25, 0.3) is 0 Å². The topological polar surface area (TPSA) is 78.6 Å². The second-order valence-electron chi connectivity index (χ2n) is 1.88. The maximum absolute atomic E-state index is 10.2. The van der Waals surface area contributed by atoms with E-state index in [2.05, 4.69) is 0 Å². The molecular formula is C4H11N3O2. The average molecular weight is 133 g/mol. The zero-order valence-electron chi connectivity index (χ0n) is 5.46. The molecule has 0 atom stereocenters. The van der Waals surface area contributed by atoms with Gasteiger partial charge in [0.05, 0.1) is 0 Å². The van der Waals surface area contributed by atoms with Crippen molar-refractivity contribution in [2.24, 2.45) is 5.84 Å². The Kier molecular flexibility index (Phi) is 2.97. The van der Waals surface area contributed by atoms with E-state index in [1.165, 1.54) is 0 Å². The summed E-state index contributed by atoms with van der Waals surface area (Å²) in [5.74, 6) is 4.87. The summed E-state index contributed by atoms with van der Waals surface area (Å²) < 4.78 is 0. The van der Waals surface area contributed by atoms with Crippen molar-refractivity contribution in [1.29, 1.82) is 0 Å². The van der Waals surface area contributed by atoms with E-state index in [-0.39, 0.29) is 6.04 Å². The van der Waals surface area contributed by atoms with Gasteiger partial charge in [-0.2, -0.15) is 5.53 Å². The number of nitrogens with one attached hydrogen (secondary N) is 1. The molecule has 0 aromatic carbocycles. The van der Waals surface area contributed by atoms with Gasteiger partial charge in [0.15, 0.2) is 0 Å². The zero-order valence-corrected chi connectivity index (χ0v) is 5.46. The van der Waals surface area contributed by atoms with Gasteiger partial charge in [-0.25, -0.2) is 9.80 Å². The fraction of sp³-hybridized carbons (Fsp3) is 0.750. The first-order valence-electron chi connectivity index (χ1n) is 2.58. The van der Waals surface area contributed by atoms with Crippen molar-refractivity contribution in [1.82, 2.24) is 10.5 Å². The molecule has 0 rings (SSSR count). The van der Waals surface area contributed by atoms with Crippen LogP contribution >= 0.6 is 0 Å². The Morgan fingerprint density at radius 1 is 1.78 bits per heavy atom. The lowest BCUT2D eigenvalue weighted by Crippen LogP contribution is -2.50. The third kappa shape index (κ3) is 2.29. The van der Waals surface area contributed by atoms with Crippen LogP contribution in [0.5, 0.6) is 0 Å². The minimum Gasteiger partial charge on any atom is -0.464 e. The predicted octanol–water partition coefficient (Wildman–Crippen LogP) is -0.247. The van der Waals surface area contributed by atoms with E-state index in [0.717, 1.165) is 5.01 Å². The van der Waals surface area contributed by atoms with Crippen molar-refractivity contribution in [3.8, 4) is 0 Å². The van der Waals surface area contributed by atoms with Gasteiger partial charge in [-0.3, -0.25) is 5.84 Å². The van der Waals surface area contributed by atoms with E-state index in [0.29, 0.717) is 0 Å². The molecule has 0 radical (unpaired) electrons. The van der Waals surface area contributed by atoms with Gasteiger partial charge >= 0.3 is 6.09 Å². The van der Waals surface area contributed by atoms with Crippen molar-refractivity contribution >= 4 is 6.09 Å². The molecule has 0 unspecified atom stereocenters. The van der Waals surface area contributed by atoms with Gasteiger partial charge in [0.2, 0.25) is 0 Å². The van der Waals surface area contributed by atoms with Crippen LogP contribution < -0.4 is 11.4 Å². The van der Waals surface area contributed by atoms with Crippen molar-refractivity contribution < 1.29 is 9.90 Å². The second kappa shape index (κ2) is 3.26. The van der Waals surface area contributed by atoms with Gasteiger partial charge in [-0.05, 0) is 13.8 Å². The molecule has 0 heterocycles. The van der Waals surface area contributed by atoms with Gasteiger partial charge in [0.1, 0.15) is 0 Å². The van der Waals surface area contributed by atoms with E-state index < -0.39 is 6.09 Å². The Bertz CT molecular complexity index is 104. The molecule has 5 nitrogen and oxygen atoms in total. The third-order valence-electron chi connectivity index (χ3n) is 0.862. The Morgan fingerprint density at radius 2 is 2.22 bits per heavy atom. The summed E-state index contributed by atoms with van der Waals surface area (Å²) in [6.07, 6.45) is -1.08. The summed E-state index contributed by atoms with van der Waals surface area (Å²) in [6, 6.07) is -0.146. The zero-order chi connectivity index (χ0) is 7.44. The van der Waals surface area contributed by atoms with Crippen LogP contribution in [0.4, 0.5) is 4.79 Å². The molecule has 0 aliphatic rings. The fourth-order valence-corrected chi connectivity index (χ4v) is 0.425. The van der Waals surface area contributed by atoms with Crippen LogP contribution in [0.15, 0.2) is 0 Å². The minimum atomic E-state index is -1.08. The first-order chi connectivity index (χ1) is 4.09. The van der Waals surface area contributed by atoms with Gasteiger partial charge in [-0.15, -0.1) is 0 Å². The van der Waals surface area contributed by atoms with Crippen LogP contribution in [0, 0.1) is 0 Å². The maximum Gasteiger partial charge on any atom is 0.423 e. The first kappa shape index (κ1) is 8.19. The normalized spacial score (nSPS) is 9.78. The van der Waals surface area contributed by atoms with E-state index >= 15 is 0 Å². The number of amides is 1. The maximum atomic E-state index is 10.2. The lowest BCUT2D eigenvalue weighted by Gasteiger charge is -2.20. The lowest BCUT2D eigenvalue weighted by molar-refractivity contribution is 0.103. The highest BCUT2D eigenvalue weighted by atomic mass is 16.4. The van der Waals surface area contributed by atoms with Gasteiger partial charge in [0, 0.05) is 6.04 Å². The summed E-state index contributed by atoms with van der Waals surface area (Å²) in [5.41, 5.74) is 2.03. The number of hydrogen-bond donors (Lipinski definition) is 3. The van der Waals surface area contributed by atoms with Crippen LogP contribution in [0.2, 0.25) is 0 Å². The molecule has 9 heavy (non-hydrogen) atoms. The summed E-state index contributed by atoms with van der Waals surface area (Å²) >= 11 is 0. The number of hydrogen-bond acceptors (Lipinski definition) is 3. The molecule has 0 saturated carbocycles. The smallest absolute Gasteiger partial charge is 0.423 e. The summed E-state index contributed by atoms with van der Waals surface area (Å²) in [4.78, 5) is 10.2. The SMILES string of the molecule is CC(C)N(NN)C(=O)O. The molecule has 4 N–H and O–H groups in total. The minimum absolute atomic E-state index is 0.146. The van der Waals surface area contributed by atoms with E-state index in [9.17, 15) is 4.79 Å². The van der Waals surface area contributed by atoms with Gasteiger partial charge < -0.3 is 5.11 Å². The van der Waals surface area contributed by atoms with Crippen LogP contribution in [0.25, 0.3) is 0 Å². The van der Waals surface area contributed by atoms with E-state index in [1.807, 2.05) is 5.53 Å². The quantitative estimate of drug-likeness (QED) is 0.358. The molecule has 0 spiro atoms. The number of rotatable bonds is 2. The third-order valence-corrected chi connectivity index (χ3v) is 0.862. The molecule has 0 aromatic heterocycles. The molecule has 0 aliphatic heterocycles. The molecule has 0 saturated heterocycles. The Morgan fingerprint density at radius 3 is 2.22 bits per heavy atom. The molecule has 0 bridgehead atoms. The fourth-order valence-electron chi connectivity index (χ4n) is 0.425. The molecule has 0 aromatic rings.